The van der Waals surface area contributed by atoms with Crippen molar-refractivity contribution in [3.8, 4) is 5.75 Å². The minimum Gasteiger partial charge on any atom is -0.496 e. The molecular weight excluding hydrogens is 372 g/mol. The molecule has 0 atom stereocenters. The van der Waals surface area contributed by atoms with E-state index >= 15 is 0 Å². The highest BCUT2D eigenvalue weighted by atomic mass is 32.2. The van der Waals surface area contributed by atoms with E-state index in [4.69, 9.17) is 4.74 Å². The second-order valence-electron chi connectivity index (χ2n) is 6.17. The average molecular weight is 392 g/mol. The maximum absolute atomic E-state index is 12.3. The van der Waals surface area contributed by atoms with Gasteiger partial charge in [-0.3, -0.25) is 14.9 Å². The number of benzene rings is 1. The van der Waals surface area contributed by atoms with E-state index in [1.54, 1.807) is 10.7 Å². The molecule has 1 aliphatic rings. The number of nitrogens with zero attached hydrogens (tertiary/aromatic N) is 5. The molecule has 1 aromatic carbocycles. The number of methoxy groups -OCH3 is 1. The number of nitro benzene ring substituents is 1. The fourth-order valence-electron chi connectivity index (χ4n) is 3.05. The number of aromatic nitrogens is 4. The number of ether oxygens (including phenoxy) is 1. The third kappa shape index (κ3) is 4.73. The van der Waals surface area contributed by atoms with Gasteiger partial charge in [0.1, 0.15) is 11.4 Å². The SMILES string of the molecule is COc1ccc(NC(=O)CSc2nnnn2C2CCCCC2)c([N+](=O)[O-])c1. The molecule has 3 rings (SSSR count). The number of anilines is 1. The molecule has 1 aromatic heterocycles. The smallest absolute Gasteiger partial charge is 0.296 e. The highest BCUT2D eigenvalue weighted by molar-refractivity contribution is 7.99. The molecule has 27 heavy (non-hydrogen) atoms. The normalized spacial score (nSPS) is 14.7. The number of hydrogen-bond acceptors (Lipinski definition) is 8. The van der Waals surface area contributed by atoms with Crippen LogP contribution in [-0.4, -0.2) is 43.9 Å². The first-order valence-corrected chi connectivity index (χ1v) is 9.60. The molecule has 2 aromatic rings. The molecule has 0 aliphatic heterocycles. The van der Waals surface area contributed by atoms with Gasteiger partial charge in [0.25, 0.3) is 5.69 Å². The summed E-state index contributed by atoms with van der Waals surface area (Å²) in [5, 5.41) is 26.1. The number of carbonyl (C=O) groups is 1. The summed E-state index contributed by atoms with van der Waals surface area (Å²) in [5.41, 5.74) is -0.0991. The summed E-state index contributed by atoms with van der Waals surface area (Å²) in [7, 11) is 1.42. The zero-order valence-electron chi connectivity index (χ0n) is 14.8. The molecule has 0 saturated heterocycles. The van der Waals surface area contributed by atoms with Crippen LogP contribution in [0.4, 0.5) is 11.4 Å². The van der Waals surface area contributed by atoms with Gasteiger partial charge in [-0.25, -0.2) is 4.68 Å². The van der Waals surface area contributed by atoms with E-state index in [0.29, 0.717) is 10.9 Å². The Morgan fingerprint density at radius 1 is 1.41 bits per heavy atom. The van der Waals surface area contributed by atoms with Gasteiger partial charge in [-0.2, -0.15) is 0 Å². The monoisotopic (exact) mass is 392 g/mol. The van der Waals surface area contributed by atoms with Crippen molar-refractivity contribution in [1.82, 2.24) is 20.2 Å². The number of rotatable bonds is 7. The van der Waals surface area contributed by atoms with Crippen LogP contribution in [0, 0.1) is 10.1 Å². The van der Waals surface area contributed by atoms with Crippen molar-refractivity contribution in [2.24, 2.45) is 0 Å². The molecule has 1 fully saturated rings. The molecule has 0 bridgehead atoms. The lowest BCUT2D eigenvalue weighted by Crippen LogP contribution is -2.18. The largest absolute Gasteiger partial charge is 0.496 e. The predicted molar refractivity (Wildman–Crippen MR) is 98.9 cm³/mol. The Hall–Kier alpha value is -2.69. The molecule has 10 nitrogen and oxygen atoms in total. The quantitative estimate of drug-likeness (QED) is 0.433. The summed E-state index contributed by atoms with van der Waals surface area (Å²) in [6, 6.07) is 4.54. The molecule has 0 unspecified atom stereocenters. The van der Waals surface area contributed by atoms with E-state index in [1.807, 2.05) is 0 Å². The zero-order valence-corrected chi connectivity index (χ0v) is 15.6. The second kappa shape index (κ2) is 8.80. The Morgan fingerprint density at radius 2 is 2.19 bits per heavy atom. The fraction of sp³-hybridized carbons (Fsp3) is 0.500. The van der Waals surface area contributed by atoms with Crippen LogP contribution < -0.4 is 10.1 Å². The first-order valence-electron chi connectivity index (χ1n) is 8.61. The van der Waals surface area contributed by atoms with Crippen LogP contribution in [0.15, 0.2) is 23.4 Å². The number of carbonyl (C=O) groups excluding carboxylic acids is 1. The maximum Gasteiger partial charge on any atom is 0.296 e. The minimum absolute atomic E-state index is 0.0519. The summed E-state index contributed by atoms with van der Waals surface area (Å²) in [6.07, 6.45) is 5.59. The lowest BCUT2D eigenvalue weighted by Gasteiger charge is -2.21. The van der Waals surface area contributed by atoms with Gasteiger partial charge in [0.2, 0.25) is 11.1 Å². The number of thioether (sulfide) groups is 1. The van der Waals surface area contributed by atoms with Gasteiger partial charge in [-0.05, 0) is 35.4 Å². The van der Waals surface area contributed by atoms with Crippen LogP contribution in [0.1, 0.15) is 38.1 Å². The van der Waals surface area contributed by atoms with Gasteiger partial charge in [-0.1, -0.05) is 31.0 Å². The Balaban J connectivity index is 1.63. The van der Waals surface area contributed by atoms with E-state index in [2.05, 4.69) is 20.8 Å². The van der Waals surface area contributed by atoms with Crippen molar-refractivity contribution in [1.29, 1.82) is 0 Å². The fourth-order valence-corrected chi connectivity index (χ4v) is 3.79. The molecule has 1 saturated carbocycles. The highest BCUT2D eigenvalue weighted by Crippen LogP contribution is 2.31. The number of nitro groups is 1. The summed E-state index contributed by atoms with van der Waals surface area (Å²) >= 11 is 1.22. The van der Waals surface area contributed by atoms with E-state index < -0.39 is 4.92 Å². The van der Waals surface area contributed by atoms with Crippen LogP contribution in [-0.2, 0) is 4.79 Å². The van der Waals surface area contributed by atoms with E-state index in [1.165, 1.54) is 37.4 Å². The number of amides is 1. The molecular formula is C16H20N6O4S. The Kier molecular flexibility index (Phi) is 6.22. The summed E-state index contributed by atoms with van der Waals surface area (Å²) < 4.78 is 6.77. The summed E-state index contributed by atoms with van der Waals surface area (Å²) in [6.45, 7) is 0. The Bertz CT molecular complexity index is 821. The summed E-state index contributed by atoms with van der Waals surface area (Å²) in [5.74, 6) is 0.0307. The van der Waals surface area contributed by atoms with Gasteiger partial charge in [0, 0.05) is 0 Å². The van der Waals surface area contributed by atoms with Gasteiger partial charge in [0.15, 0.2) is 0 Å². The van der Waals surface area contributed by atoms with Crippen LogP contribution in [0.3, 0.4) is 0 Å². The van der Waals surface area contributed by atoms with Crippen molar-refractivity contribution < 1.29 is 14.5 Å². The van der Waals surface area contributed by atoms with Gasteiger partial charge < -0.3 is 10.1 Å². The molecule has 0 radical (unpaired) electrons. The lowest BCUT2D eigenvalue weighted by atomic mass is 9.96. The number of hydrogen-bond donors (Lipinski definition) is 1. The van der Waals surface area contributed by atoms with Crippen molar-refractivity contribution >= 4 is 29.0 Å². The molecule has 0 spiro atoms. The molecule has 1 aliphatic carbocycles. The second-order valence-corrected chi connectivity index (χ2v) is 7.12. The van der Waals surface area contributed by atoms with Gasteiger partial charge in [-0.15, -0.1) is 5.10 Å². The lowest BCUT2D eigenvalue weighted by molar-refractivity contribution is -0.384. The van der Waals surface area contributed by atoms with Gasteiger partial charge in [0.05, 0.1) is 29.9 Å². The van der Waals surface area contributed by atoms with Crippen molar-refractivity contribution in [2.45, 2.75) is 43.3 Å². The predicted octanol–water partition coefficient (Wildman–Crippen LogP) is 2.83. The van der Waals surface area contributed by atoms with Crippen molar-refractivity contribution in [3.63, 3.8) is 0 Å². The first kappa shape index (κ1) is 19.1. The third-order valence-corrected chi connectivity index (χ3v) is 5.32. The van der Waals surface area contributed by atoms with Crippen molar-refractivity contribution in [3.05, 3.63) is 28.3 Å². The van der Waals surface area contributed by atoms with Gasteiger partial charge >= 0.3 is 0 Å². The molecule has 1 heterocycles. The Labute approximate surface area is 159 Å². The third-order valence-electron chi connectivity index (χ3n) is 4.39. The average Bonchev–Trinajstić information content (AvgIpc) is 3.16. The topological polar surface area (TPSA) is 125 Å². The molecule has 11 heteroatoms. The van der Waals surface area contributed by atoms with Crippen LogP contribution >= 0.6 is 11.8 Å². The van der Waals surface area contributed by atoms with Crippen molar-refractivity contribution in [2.75, 3.05) is 18.2 Å². The molecule has 144 valence electrons. The zero-order chi connectivity index (χ0) is 19.2. The minimum atomic E-state index is -0.561. The van der Waals surface area contributed by atoms with E-state index in [0.717, 1.165) is 25.7 Å². The highest BCUT2D eigenvalue weighted by Gasteiger charge is 2.22. The van der Waals surface area contributed by atoms with Crippen LogP contribution in [0.25, 0.3) is 0 Å². The maximum atomic E-state index is 12.3. The number of tetrazole rings is 1. The van der Waals surface area contributed by atoms with Crippen LogP contribution in [0.2, 0.25) is 0 Å². The molecule has 1 N–H and O–H groups in total. The summed E-state index contributed by atoms with van der Waals surface area (Å²) in [4.78, 5) is 22.9. The standard InChI is InChI=1S/C16H20N6O4S/c1-26-12-7-8-13(14(9-12)22(24)25)17-15(23)10-27-16-18-19-20-21(16)11-5-3-2-4-6-11/h7-9,11H,2-6,10H2,1H3,(H,17,23). The first-order chi connectivity index (χ1) is 13.1. The van der Waals surface area contributed by atoms with Crippen LogP contribution in [0.5, 0.6) is 5.75 Å². The molecule has 1 amide bonds. The Morgan fingerprint density at radius 3 is 2.89 bits per heavy atom. The van der Waals surface area contributed by atoms with E-state index in [-0.39, 0.29) is 29.1 Å². The van der Waals surface area contributed by atoms with E-state index in [9.17, 15) is 14.9 Å². The number of nitrogens with one attached hydrogen (secondary N) is 1.